The van der Waals surface area contributed by atoms with Gasteiger partial charge in [-0.25, -0.2) is 14.8 Å². The lowest BCUT2D eigenvalue weighted by molar-refractivity contribution is -0.192. The van der Waals surface area contributed by atoms with Gasteiger partial charge in [0.1, 0.15) is 5.69 Å². The van der Waals surface area contributed by atoms with E-state index in [1.807, 2.05) is 30.3 Å². The van der Waals surface area contributed by atoms with Crippen LogP contribution in [0.5, 0.6) is 0 Å². The molecule has 0 bridgehead atoms. The molecule has 8 nitrogen and oxygen atoms in total. The number of carboxylic acid groups (broad SMARTS) is 1. The number of aromatic nitrogens is 3. The molecule has 2 aromatic heterocycles. The molecule has 1 amide bonds. The molecule has 3 aromatic rings. The predicted molar refractivity (Wildman–Crippen MR) is 100 cm³/mol. The molecule has 11 heteroatoms. The lowest BCUT2D eigenvalue weighted by Crippen LogP contribution is -2.33. The number of aromatic amines is 1. The number of H-pyrrole nitrogens is 1. The van der Waals surface area contributed by atoms with Gasteiger partial charge in [0.25, 0.3) is 5.91 Å². The third kappa shape index (κ3) is 4.74. The molecule has 30 heavy (non-hydrogen) atoms. The molecule has 0 saturated heterocycles. The van der Waals surface area contributed by atoms with Gasteiger partial charge < -0.3 is 21.1 Å². The first kappa shape index (κ1) is 21.2. The first-order chi connectivity index (χ1) is 14.2. The van der Waals surface area contributed by atoms with E-state index in [0.717, 1.165) is 29.5 Å². The number of aliphatic carboxylic acids is 1. The van der Waals surface area contributed by atoms with E-state index in [9.17, 15) is 18.0 Å². The van der Waals surface area contributed by atoms with E-state index in [1.54, 1.807) is 12.4 Å². The van der Waals surface area contributed by atoms with Gasteiger partial charge >= 0.3 is 12.1 Å². The number of halogens is 3. The Balaban J connectivity index is 0.000000318. The first-order valence-electron chi connectivity index (χ1n) is 8.92. The Bertz CT molecular complexity index is 1070. The molecule has 0 aliphatic heterocycles. The van der Waals surface area contributed by atoms with E-state index < -0.39 is 12.1 Å². The highest BCUT2D eigenvalue weighted by atomic mass is 19.4. The molecule has 0 fully saturated rings. The topological polar surface area (TPSA) is 134 Å². The van der Waals surface area contributed by atoms with Crippen LogP contribution in [0.4, 0.5) is 13.2 Å². The summed E-state index contributed by atoms with van der Waals surface area (Å²) in [7, 11) is 0. The third-order valence-corrected chi connectivity index (χ3v) is 4.60. The number of amides is 1. The number of carbonyl (C=O) groups excluding carboxylic acids is 1. The fourth-order valence-corrected chi connectivity index (χ4v) is 3.15. The number of carbonyl (C=O) groups is 2. The molecule has 2 atom stereocenters. The number of rotatable bonds is 2. The second-order valence-corrected chi connectivity index (χ2v) is 6.61. The van der Waals surface area contributed by atoms with Crippen LogP contribution < -0.4 is 11.1 Å². The van der Waals surface area contributed by atoms with Crippen molar-refractivity contribution in [2.45, 2.75) is 31.1 Å². The van der Waals surface area contributed by atoms with Gasteiger partial charge in [0.2, 0.25) is 0 Å². The standard InChI is InChI=1S/C17H17N5O.C2HF3O2/c18-12-5-6-13(11-4-2-1-3-10(11)12)22-17(23)15-8-7-14-16(21-15)20-9-19-14;3-2(4,5)1(6)7/h1-4,7-9,12-13H,5-6,18H2,(H,22,23)(H,19,20,21);(H,6,7). The predicted octanol–water partition coefficient (Wildman–Crippen LogP) is 2.86. The highest BCUT2D eigenvalue weighted by molar-refractivity contribution is 5.94. The highest BCUT2D eigenvalue weighted by Gasteiger charge is 2.38. The SMILES string of the molecule is NC1CCC(NC(=O)c2ccc3[nH]cnc3n2)c2ccccc21.O=C(O)C(F)(F)F. The molecule has 1 aromatic carbocycles. The first-order valence-corrected chi connectivity index (χ1v) is 8.92. The van der Waals surface area contributed by atoms with Crippen LogP contribution in [0.25, 0.3) is 11.2 Å². The molecule has 0 radical (unpaired) electrons. The molecule has 4 rings (SSSR count). The van der Waals surface area contributed by atoms with Crippen LogP contribution in [0.15, 0.2) is 42.7 Å². The van der Waals surface area contributed by atoms with E-state index in [4.69, 9.17) is 15.6 Å². The zero-order valence-electron chi connectivity index (χ0n) is 15.5. The molecule has 1 aliphatic carbocycles. The van der Waals surface area contributed by atoms with Crippen LogP contribution in [-0.4, -0.2) is 38.1 Å². The highest BCUT2D eigenvalue weighted by Crippen LogP contribution is 2.34. The molecule has 2 unspecified atom stereocenters. The van der Waals surface area contributed by atoms with Crippen molar-refractivity contribution in [2.75, 3.05) is 0 Å². The van der Waals surface area contributed by atoms with Crippen molar-refractivity contribution in [3.05, 3.63) is 59.5 Å². The van der Waals surface area contributed by atoms with E-state index in [2.05, 4.69) is 20.3 Å². The molecule has 0 saturated carbocycles. The van der Waals surface area contributed by atoms with Crippen molar-refractivity contribution in [3.8, 4) is 0 Å². The maximum atomic E-state index is 12.5. The molecule has 158 valence electrons. The quantitative estimate of drug-likeness (QED) is 0.503. The van der Waals surface area contributed by atoms with Gasteiger partial charge in [0.15, 0.2) is 5.65 Å². The lowest BCUT2D eigenvalue weighted by Gasteiger charge is -2.30. The van der Waals surface area contributed by atoms with Crippen molar-refractivity contribution in [2.24, 2.45) is 5.73 Å². The summed E-state index contributed by atoms with van der Waals surface area (Å²) in [5.74, 6) is -2.95. The molecule has 1 aliphatic rings. The minimum absolute atomic E-state index is 0.0322. The fourth-order valence-electron chi connectivity index (χ4n) is 3.15. The smallest absolute Gasteiger partial charge is 0.475 e. The number of hydrogen-bond donors (Lipinski definition) is 4. The van der Waals surface area contributed by atoms with E-state index in [0.29, 0.717) is 11.3 Å². The Morgan fingerprint density at radius 1 is 1.13 bits per heavy atom. The number of pyridine rings is 1. The van der Waals surface area contributed by atoms with Crippen molar-refractivity contribution in [3.63, 3.8) is 0 Å². The summed E-state index contributed by atoms with van der Waals surface area (Å²) in [5, 5.41) is 10.2. The minimum Gasteiger partial charge on any atom is -0.475 e. The Morgan fingerprint density at radius 2 is 1.80 bits per heavy atom. The maximum absolute atomic E-state index is 12.5. The summed E-state index contributed by atoms with van der Waals surface area (Å²) in [4.78, 5) is 32.8. The van der Waals surface area contributed by atoms with Gasteiger partial charge in [0.05, 0.1) is 17.9 Å². The number of alkyl halides is 3. The second-order valence-electron chi connectivity index (χ2n) is 6.61. The van der Waals surface area contributed by atoms with Gasteiger partial charge in [-0.2, -0.15) is 13.2 Å². The summed E-state index contributed by atoms with van der Waals surface area (Å²) in [6.45, 7) is 0. The molecule has 5 N–H and O–H groups in total. The summed E-state index contributed by atoms with van der Waals surface area (Å²) >= 11 is 0. The normalized spacial score (nSPS) is 18.1. The number of nitrogens with zero attached hydrogens (tertiary/aromatic N) is 2. The summed E-state index contributed by atoms with van der Waals surface area (Å²) in [5.41, 5.74) is 10.1. The van der Waals surface area contributed by atoms with Gasteiger partial charge in [-0.1, -0.05) is 24.3 Å². The van der Waals surface area contributed by atoms with Crippen molar-refractivity contribution in [1.29, 1.82) is 0 Å². The second kappa shape index (κ2) is 8.49. The number of carboxylic acids is 1. The van der Waals surface area contributed by atoms with Crippen LogP contribution in [0.2, 0.25) is 0 Å². The molecule has 0 spiro atoms. The number of fused-ring (bicyclic) bond motifs is 2. The Hall–Kier alpha value is -3.47. The van der Waals surface area contributed by atoms with Gasteiger partial charge in [0, 0.05) is 6.04 Å². The van der Waals surface area contributed by atoms with Crippen LogP contribution in [0.1, 0.15) is 46.5 Å². The van der Waals surface area contributed by atoms with Crippen LogP contribution in [0.3, 0.4) is 0 Å². The number of imidazole rings is 1. The number of nitrogens with two attached hydrogens (primary N) is 1. The average Bonchev–Trinajstić information content (AvgIpc) is 3.18. The zero-order chi connectivity index (χ0) is 21.9. The van der Waals surface area contributed by atoms with Crippen LogP contribution in [-0.2, 0) is 4.79 Å². The van der Waals surface area contributed by atoms with Crippen molar-refractivity contribution in [1.82, 2.24) is 20.3 Å². The Kier molecular flexibility index (Phi) is 6.01. The molecular weight excluding hydrogens is 403 g/mol. The lowest BCUT2D eigenvalue weighted by atomic mass is 9.84. The molecular formula is C19H18F3N5O3. The average molecular weight is 421 g/mol. The van der Waals surface area contributed by atoms with Crippen molar-refractivity contribution >= 4 is 23.0 Å². The van der Waals surface area contributed by atoms with Gasteiger partial charge in [-0.05, 0) is 36.1 Å². The minimum atomic E-state index is -5.08. The summed E-state index contributed by atoms with van der Waals surface area (Å²) in [6.07, 6.45) is -1.83. The van der Waals surface area contributed by atoms with E-state index in [1.165, 1.54) is 0 Å². The van der Waals surface area contributed by atoms with Gasteiger partial charge in [-0.15, -0.1) is 0 Å². The zero-order valence-corrected chi connectivity index (χ0v) is 15.5. The Labute approximate surface area is 168 Å². The van der Waals surface area contributed by atoms with Gasteiger partial charge in [-0.3, -0.25) is 4.79 Å². The maximum Gasteiger partial charge on any atom is 0.490 e. The monoisotopic (exact) mass is 421 g/mol. The van der Waals surface area contributed by atoms with E-state index in [-0.39, 0.29) is 18.0 Å². The van der Waals surface area contributed by atoms with Crippen LogP contribution >= 0.6 is 0 Å². The number of hydrogen-bond acceptors (Lipinski definition) is 5. The number of benzene rings is 1. The molecule has 2 heterocycles. The van der Waals surface area contributed by atoms with Crippen molar-refractivity contribution < 1.29 is 27.9 Å². The summed E-state index contributed by atoms with van der Waals surface area (Å²) in [6, 6.07) is 11.6. The van der Waals surface area contributed by atoms with Crippen LogP contribution in [0, 0.1) is 0 Å². The third-order valence-electron chi connectivity index (χ3n) is 4.60. The fraction of sp³-hybridized carbons (Fsp3) is 0.263. The summed E-state index contributed by atoms with van der Waals surface area (Å²) < 4.78 is 31.7. The number of nitrogens with one attached hydrogen (secondary N) is 2. The largest absolute Gasteiger partial charge is 0.490 e. The Morgan fingerprint density at radius 3 is 2.47 bits per heavy atom. The van der Waals surface area contributed by atoms with E-state index >= 15 is 0 Å².